The van der Waals surface area contributed by atoms with Gasteiger partial charge in [0.1, 0.15) is 4.90 Å². The quantitative estimate of drug-likeness (QED) is 0.803. The molecule has 96 valence electrons. The maximum Gasteiger partial charge on any atom is 0.245 e. The summed E-state index contributed by atoms with van der Waals surface area (Å²) in [6, 6.07) is 4.25. The van der Waals surface area contributed by atoms with Gasteiger partial charge in [-0.2, -0.15) is 4.31 Å². The van der Waals surface area contributed by atoms with Crippen molar-refractivity contribution >= 4 is 27.3 Å². The molecule has 1 aromatic carbocycles. The molecule has 17 heavy (non-hydrogen) atoms. The number of nitrogen functional groups attached to an aromatic ring is 1. The molecule has 1 rings (SSSR count). The fourth-order valence-corrected chi connectivity index (χ4v) is 3.00. The first kappa shape index (κ1) is 14.2. The summed E-state index contributed by atoms with van der Waals surface area (Å²) < 4.78 is 25.3. The number of aliphatic hydroxyl groups excluding tert-OH is 1. The zero-order valence-electron chi connectivity index (χ0n) is 9.59. The number of sulfonamides is 1. The van der Waals surface area contributed by atoms with Gasteiger partial charge in [0.05, 0.1) is 11.8 Å². The van der Waals surface area contributed by atoms with Gasteiger partial charge in [-0.25, -0.2) is 8.42 Å². The molecular formula is C10H15ClN2O3S. The number of halogens is 1. The van der Waals surface area contributed by atoms with Crippen molar-refractivity contribution in [1.82, 2.24) is 4.31 Å². The largest absolute Gasteiger partial charge is 0.398 e. The van der Waals surface area contributed by atoms with E-state index in [1.54, 1.807) is 0 Å². The Bertz CT molecular complexity index is 502. The first-order valence-corrected chi connectivity index (χ1v) is 6.76. The van der Waals surface area contributed by atoms with Gasteiger partial charge in [0.2, 0.25) is 10.0 Å². The van der Waals surface area contributed by atoms with Crippen molar-refractivity contribution in [2.45, 2.75) is 17.9 Å². The third-order valence-corrected chi connectivity index (χ3v) is 4.30. The highest BCUT2D eigenvalue weighted by molar-refractivity contribution is 7.89. The average Bonchev–Trinajstić information content (AvgIpc) is 2.20. The molecule has 0 bridgehead atoms. The lowest BCUT2D eigenvalue weighted by atomic mass is 10.3. The van der Waals surface area contributed by atoms with Crippen molar-refractivity contribution < 1.29 is 13.5 Å². The van der Waals surface area contributed by atoms with Gasteiger partial charge in [0.25, 0.3) is 0 Å². The van der Waals surface area contributed by atoms with Crippen LogP contribution < -0.4 is 5.73 Å². The molecule has 0 radical (unpaired) electrons. The van der Waals surface area contributed by atoms with Crippen LogP contribution in [0.2, 0.25) is 5.02 Å². The van der Waals surface area contributed by atoms with Crippen LogP contribution in [0.15, 0.2) is 23.1 Å². The van der Waals surface area contributed by atoms with E-state index < -0.39 is 16.1 Å². The molecule has 1 atom stereocenters. The summed E-state index contributed by atoms with van der Waals surface area (Å²) in [7, 11) is -2.35. The monoisotopic (exact) mass is 278 g/mol. The molecule has 3 N–H and O–H groups in total. The van der Waals surface area contributed by atoms with Gasteiger partial charge < -0.3 is 10.8 Å². The smallest absolute Gasteiger partial charge is 0.245 e. The number of hydrogen-bond donors (Lipinski definition) is 2. The maximum atomic E-state index is 12.1. The highest BCUT2D eigenvalue weighted by atomic mass is 35.5. The van der Waals surface area contributed by atoms with Gasteiger partial charge in [0, 0.05) is 18.6 Å². The lowest BCUT2D eigenvalue weighted by molar-refractivity contribution is 0.171. The molecule has 1 aromatic rings. The molecular weight excluding hydrogens is 264 g/mol. The molecule has 0 saturated carbocycles. The summed E-state index contributed by atoms with van der Waals surface area (Å²) >= 11 is 5.75. The molecule has 1 unspecified atom stereocenters. The second-order valence-corrected chi connectivity index (χ2v) is 6.27. The number of anilines is 1. The Hall–Kier alpha value is -0.820. The number of aliphatic hydroxyl groups is 1. The van der Waals surface area contributed by atoms with Crippen molar-refractivity contribution in [1.29, 1.82) is 0 Å². The van der Waals surface area contributed by atoms with Gasteiger partial charge in [-0.1, -0.05) is 11.6 Å². The Labute approximate surface area is 106 Å². The Morgan fingerprint density at radius 2 is 2.12 bits per heavy atom. The number of benzene rings is 1. The number of nitrogens with zero attached hydrogens (tertiary/aromatic N) is 1. The van der Waals surface area contributed by atoms with Crippen LogP contribution in [0.1, 0.15) is 6.92 Å². The third kappa shape index (κ3) is 3.32. The van der Waals surface area contributed by atoms with Crippen molar-refractivity contribution in [2.24, 2.45) is 0 Å². The number of likely N-dealkylation sites (N-methyl/N-ethyl adjacent to an activating group) is 1. The van der Waals surface area contributed by atoms with Gasteiger partial charge in [0.15, 0.2) is 0 Å². The lowest BCUT2D eigenvalue weighted by Crippen LogP contribution is -2.33. The normalized spacial score (nSPS) is 13.9. The molecule has 0 aliphatic heterocycles. The number of hydrogen-bond acceptors (Lipinski definition) is 4. The van der Waals surface area contributed by atoms with E-state index in [9.17, 15) is 13.5 Å². The SMILES string of the molecule is CC(O)CN(C)S(=O)(=O)c1cc(Cl)ccc1N. The Balaban J connectivity index is 3.17. The molecule has 0 heterocycles. The maximum absolute atomic E-state index is 12.1. The van der Waals surface area contributed by atoms with Gasteiger partial charge in [-0.3, -0.25) is 0 Å². The zero-order valence-corrected chi connectivity index (χ0v) is 11.2. The zero-order chi connectivity index (χ0) is 13.2. The fourth-order valence-electron chi connectivity index (χ4n) is 1.37. The molecule has 0 saturated heterocycles. The summed E-state index contributed by atoms with van der Waals surface area (Å²) in [5.41, 5.74) is 5.75. The number of rotatable bonds is 4. The van der Waals surface area contributed by atoms with Crippen LogP contribution in [-0.4, -0.2) is 37.5 Å². The van der Waals surface area contributed by atoms with Crippen LogP contribution >= 0.6 is 11.6 Å². The average molecular weight is 279 g/mol. The first-order valence-electron chi connectivity index (χ1n) is 4.94. The van der Waals surface area contributed by atoms with Crippen molar-refractivity contribution in [2.75, 3.05) is 19.3 Å². The van der Waals surface area contributed by atoms with E-state index >= 15 is 0 Å². The summed E-state index contributed by atoms with van der Waals surface area (Å²) in [6.45, 7) is 1.50. The van der Waals surface area contributed by atoms with Gasteiger partial charge in [-0.15, -0.1) is 0 Å². The Kier molecular flexibility index (Phi) is 4.37. The first-order chi connectivity index (χ1) is 7.75. The van der Waals surface area contributed by atoms with Crippen LogP contribution in [0.3, 0.4) is 0 Å². The van der Waals surface area contributed by atoms with Crippen LogP contribution in [0.4, 0.5) is 5.69 Å². The van der Waals surface area contributed by atoms with E-state index in [1.807, 2.05) is 0 Å². The van der Waals surface area contributed by atoms with Gasteiger partial charge >= 0.3 is 0 Å². The van der Waals surface area contributed by atoms with E-state index in [4.69, 9.17) is 17.3 Å². The molecule has 0 aliphatic rings. The minimum Gasteiger partial charge on any atom is -0.398 e. The highest BCUT2D eigenvalue weighted by Gasteiger charge is 2.24. The molecule has 0 spiro atoms. The minimum absolute atomic E-state index is 0.00567. The standard InChI is InChI=1S/C10H15ClN2O3S/c1-7(14)6-13(2)17(15,16)10-5-8(11)3-4-9(10)12/h3-5,7,14H,6,12H2,1-2H3. The molecule has 0 fully saturated rings. The Morgan fingerprint density at radius 1 is 1.53 bits per heavy atom. The van der Waals surface area contributed by atoms with Crippen LogP contribution in [0, 0.1) is 0 Å². The second-order valence-electron chi connectivity index (χ2n) is 3.82. The van der Waals surface area contributed by atoms with Crippen LogP contribution in [0.25, 0.3) is 0 Å². The Morgan fingerprint density at radius 3 is 2.65 bits per heavy atom. The van der Waals surface area contributed by atoms with E-state index in [0.717, 1.165) is 4.31 Å². The van der Waals surface area contributed by atoms with Gasteiger partial charge in [-0.05, 0) is 25.1 Å². The third-order valence-electron chi connectivity index (χ3n) is 2.19. The highest BCUT2D eigenvalue weighted by Crippen LogP contribution is 2.25. The predicted molar refractivity (Wildman–Crippen MR) is 67.4 cm³/mol. The van der Waals surface area contributed by atoms with Crippen molar-refractivity contribution in [3.63, 3.8) is 0 Å². The minimum atomic E-state index is -3.72. The van der Waals surface area contributed by atoms with Crippen LogP contribution in [-0.2, 0) is 10.0 Å². The summed E-state index contributed by atoms with van der Waals surface area (Å²) in [4.78, 5) is -0.0480. The molecule has 0 aliphatic carbocycles. The molecule has 0 aromatic heterocycles. The second kappa shape index (κ2) is 5.22. The summed E-state index contributed by atoms with van der Waals surface area (Å²) in [5, 5.41) is 9.49. The van der Waals surface area contributed by atoms with Crippen LogP contribution in [0.5, 0.6) is 0 Å². The topological polar surface area (TPSA) is 83.6 Å². The van der Waals surface area contributed by atoms with E-state index in [0.29, 0.717) is 5.02 Å². The summed E-state index contributed by atoms with van der Waals surface area (Å²) in [6.07, 6.45) is -0.754. The predicted octanol–water partition coefficient (Wildman–Crippen LogP) is 0.924. The molecule has 5 nitrogen and oxygen atoms in total. The summed E-state index contributed by atoms with van der Waals surface area (Å²) in [5.74, 6) is 0. The van der Waals surface area contributed by atoms with E-state index in [2.05, 4.69) is 0 Å². The fraction of sp³-hybridized carbons (Fsp3) is 0.400. The van der Waals surface area contributed by atoms with E-state index in [1.165, 1.54) is 32.2 Å². The molecule has 0 amide bonds. The lowest BCUT2D eigenvalue weighted by Gasteiger charge is -2.19. The number of nitrogens with two attached hydrogens (primary N) is 1. The van der Waals surface area contributed by atoms with E-state index in [-0.39, 0.29) is 17.1 Å². The molecule has 7 heteroatoms. The van der Waals surface area contributed by atoms with Crippen molar-refractivity contribution in [3.05, 3.63) is 23.2 Å². The van der Waals surface area contributed by atoms with Crippen molar-refractivity contribution in [3.8, 4) is 0 Å².